The van der Waals surface area contributed by atoms with E-state index in [4.69, 9.17) is 9.84 Å². The van der Waals surface area contributed by atoms with Crippen molar-refractivity contribution in [2.75, 3.05) is 24.3 Å². The summed E-state index contributed by atoms with van der Waals surface area (Å²) in [4.78, 5) is 23.4. The number of sulfonamides is 1. The van der Waals surface area contributed by atoms with Crippen LogP contribution in [0.2, 0.25) is 0 Å². The van der Waals surface area contributed by atoms with Gasteiger partial charge in [-0.05, 0) is 48.9 Å². The number of fused-ring (bicyclic) bond motifs is 1. The average Bonchev–Trinajstić information content (AvgIpc) is 2.68. The Labute approximate surface area is 161 Å². The Morgan fingerprint density at radius 1 is 1.18 bits per heavy atom. The van der Waals surface area contributed by atoms with Crippen LogP contribution in [0.1, 0.15) is 16.8 Å². The lowest BCUT2D eigenvalue weighted by atomic mass is 10.1. The SMILES string of the molecule is COc1ccc(S(=O)(=O)NCCC2Nc3cc(C(=O)O)ccc3NC2=O)cc1. The normalized spacial score (nSPS) is 15.9. The molecule has 2 aromatic carbocycles. The smallest absolute Gasteiger partial charge is 0.335 e. The summed E-state index contributed by atoms with van der Waals surface area (Å²) in [5, 5.41) is 14.7. The number of anilines is 2. The molecule has 0 spiro atoms. The predicted octanol–water partition coefficient (Wildman–Crippen LogP) is 1.49. The summed E-state index contributed by atoms with van der Waals surface area (Å²) >= 11 is 0. The molecule has 28 heavy (non-hydrogen) atoms. The zero-order valence-electron chi connectivity index (χ0n) is 14.9. The van der Waals surface area contributed by atoms with Gasteiger partial charge in [-0.2, -0.15) is 0 Å². The van der Waals surface area contributed by atoms with Crippen molar-refractivity contribution in [2.45, 2.75) is 17.4 Å². The molecule has 1 heterocycles. The highest BCUT2D eigenvalue weighted by atomic mass is 32.2. The average molecular weight is 405 g/mol. The number of benzene rings is 2. The molecule has 0 aliphatic carbocycles. The minimum Gasteiger partial charge on any atom is -0.497 e. The third-order valence-electron chi connectivity index (χ3n) is 4.27. The molecule has 1 unspecified atom stereocenters. The number of amides is 1. The summed E-state index contributed by atoms with van der Waals surface area (Å²) < 4.78 is 32.1. The first kappa shape index (κ1) is 19.6. The van der Waals surface area contributed by atoms with Crippen molar-refractivity contribution in [1.29, 1.82) is 0 Å². The van der Waals surface area contributed by atoms with Gasteiger partial charge in [-0.1, -0.05) is 0 Å². The van der Waals surface area contributed by atoms with Crippen LogP contribution >= 0.6 is 0 Å². The predicted molar refractivity (Wildman–Crippen MR) is 102 cm³/mol. The maximum Gasteiger partial charge on any atom is 0.335 e. The molecule has 0 aromatic heterocycles. The summed E-state index contributed by atoms with van der Waals surface area (Å²) in [5.41, 5.74) is 1.04. The van der Waals surface area contributed by atoms with Gasteiger partial charge in [0, 0.05) is 6.54 Å². The second-order valence-electron chi connectivity index (χ2n) is 6.11. The van der Waals surface area contributed by atoms with E-state index in [0.717, 1.165) is 0 Å². The van der Waals surface area contributed by atoms with Crippen molar-refractivity contribution in [3.63, 3.8) is 0 Å². The number of methoxy groups -OCH3 is 1. The van der Waals surface area contributed by atoms with E-state index in [1.165, 1.54) is 37.4 Å². The van der Waals surface area contributed by atoms with Crippen molar-refractivity contribution >= 4 is 33.3 Å². The summed E-state index contributed by atoms with van der Waals surface area (Å²) in [7, 11) is -2.24. The zero-order chi connectivity index (χ0) is 20.3. The highest BCUT2D eigenvalue weighted by Gasteiger charge is 2.26. The molecular formula is C18H19N3O6S. The first-order valence-electron chi connectivity index (χ1n) is 8.38. The lowest BCUT2D eigenvalue weighted by molar-refractivity contribution is -0.117. The molecule has 1 atom stereocenters. The summed E-state index contributed by atoms with van der Waals surface area (Å²) in [5.74, 6) is -0.856. The number of hydrogen-bond acceptors (Lipinski definition) is 6. The van der Waals surface area contributed by atoms with Crippen LogP contribution in [0.5, 0.6) is 5.75 Å². The van der Waals surface area contributed by atoms with Crippen LogP contribution in [-0.4, -0.2) is 45.1 Å². The van der Waals surface area contributed by atoms with E-state index in [0.29, 0.717) is 17.1 Å². The number of carbonyl (C=O) groups excluding carboxylic acids is 1. The maximum absolute atomic E-state index is 12.3. The second kappa shape index (κ2) is 7.87. The van der Waals surface area contributed by atoms with Crippen LogP contribution in [0.15, 0.2) is 47.4 Å². The lowest BCUT2D eigenvalue weighted by Gasteiger charge is -2.27. The molecule has 0 saturated heterocycles. The number of rotatable bonds is 7. The van der Waals surface area contributed by atoms with E-state index < -0.39 is 22.0 Å². The molecule has 148 valence electrons. The van der Waals surface area contributed by atoms with Gasteiger partial charge in [-0.25, -0.2) is 17.9 Å². The van der Waals surface area contributed by atoms with Crippen LogP contribution < -0.4 is 20.1 Å². The van der Waals surface area contributed by atoms with Crippen LogP contribution in [0.4, 0.5) is 11.4 Å². The molecule has 1 amide bonds. The van der Waals surface area contributed by atoms with E-state index in [9.17, 15) is 18.0 Å². The second-order valence-corrected chi connectivity index (χ2v) is 7.88. The number of ether oxygens (including phenoxy) is 1. The summed E-state index contributed by atoms with van der Waals surface area (Å²) in [6, 6.07) is 9.57. The molecular weight excluding hydrogens is 386 g/mol. The Hall–Kier alpha value is -3.11. The molecule has 0 fully saturated rings. The first-order valence-corrected chi connectivity index (χ1v) is 9.87. The number of nitrogens with one attached hydrogen (secondary N) is 3. The van der Waals surface area contributed by atoms with Gasteiger partial charge < -0.3 is 20.5 Å². The van der Waals surface area contributed by atoms with Gasteiger partial charge in [0.2, 0.25) is 15.9 Å². The van der Waals surface area contributed by atoms with Crippen LogP contribution in [-0.2, 0) is 14.8 Å². The fourth-order valence-corrected chi connectivity index (χ4v) is 3.81. The van der Waals surface area contributed by atoms with Crippen molar-refractivity contribution in [3.05, 3.63) is 48.0 Å². The molecule has 4 N–H and O–H groups in total. The first-order chi connectivity index (χ1) is 13.3. The third kappa shape index (κ3) is 4.24. The number of aromatic carboxylic acids is 1. The fraction of sp³-hybridized carbons (Fsp3) is 0.222. The van der Waals surface area contributed by atoms with E-state index in [-0.39, 0.29) is 29.3 Å². The minimum atomic E-state index is -3.72. The highest BCUT2D eigenvalue weighted by Crippen LogP contribution is 2.28. The van der Waals surface area contributed by atoms with Crippen molar-refractivity contribution in [2.24, 2.45) is 0 Å². The van der Waals surface area contributed by atoms with Gasteiger partial charge in [-0.3, -0.25) is 4.79 Å². The lowest BCUT2D eigenvalue weighted by Crippen LogP contribution is -2.41. The van der Waals surface area contributed by atoms with Crippen LogP contribution in [0, 0.1) is 0 Å². The number of carbonyl (C=O) groups is 2. The Morgan fingerprint density at radius 2 is 1.89 bits per heavy atom. The topological polar surface area (TPSA) is 134 Å². The molecule has 0 saturated carbocycles. The van der Waals surface area contributed by atoms with Gasteiger partial charge in [-0.15, -0.1) is 0 Å². The molecule has 9 nitrogen and oxygen atoms in total. The van der Waals surface area contributed by atoms with Crippen LogP contribution in [0.3, 0.4) is 0 Å². The Kier molecular flexibility index (Phi) is 5.52. The highest BCUT2D eigenvalue weighted by molar-refractivity contribution is 7.89. The minimum absolute atomic E-state index is 0.0212. The molecule has 10 heteroatoms. The van der Waals surface area contributed by atoms with Gasteiger partial charge >= 0.3 is 5.97 Å². The van der Waals surface area contributed by atoms with Crippen molar-refractivity contribution in [1.82, 2.24) is 4.72 Å². The largest absolute Gasteiger partial charge is 0.497 e. The molecule has 1 aliphatic heterocycles. The van der Waals surface area contributed by atoms with Gasteiger partial charge in [0.1, 0.15) is 11.8 Å². The Morgan fingerprint density at radius 3 is 2.54 bits per heavy atom. The maximum atomic E-state index is 12.3. The van der Waals surface area contributed by atoms with Crippen molar-refractivity contribution < 1.29 is 27.9 Å². The van der Waals surface area contributed by atoms with E-state index in [1.54, 1.807) is 12.1 Å². The van der Waals surface area contributed by atoms with E-state index >= 15 is 0 Å². The number of hydrogen-bond donors (Lipinski definition) is 4. The molecule has 0 radical (unpaired) electrons. The fourth-order valence-electron chi connectivity index (χ4n) is 2.76. The summed E-state index contributed by atoms with van der Waals surface area (Å²) in [6.07, 6.45) is 0.179. The Balaban J connectivity index is 1.63. The van der Waals surface area contributed by atoms with Gasteiger partial charge in [0.15, 0.2) is 0 Å². The van der Waals surface area contributed by atoms with Gasteiger partial charge in [0.05, 0.1) is 28.9 Å². The standard InChI is InChI=1S/C18H19N3O6S/c1-27-12-3-5-13(6-4-12)28(25,26)19-9-8-15-17(22)21-14-7-2-11(18(23)24)10-16(14)20-15/h2-7,10,15,19-20H,8-9H2,1H3,(H,21,22)(H,23,24). The molecule has 2 aromatic rings. The Bertz CT molecular complexity index is 1000. The quantitative estimate of drug-likeness (QED) is 0.548. The monoisotopic (exact) mass is 405 g/mol. The summed E-state index contributed by atoms with van der Waals surface area (Å²) in [6.45, 7) is 0.0212. The van der Waals surface area contributed by atoms with E-state index in [2.05, 4.69) is 15.4 Å². The third-order valence-corrected chi connectivity index (χ3v) is 5.74. The zero-order valence-corrected chi connectivity index (χ0v) is 15.7. The van der Waals surface area contributed by atoms with E-state index in [1.807, 2.05) is 0 Å². The van der Waals surface area contributed by atoms with Crippen molar-refractivity contribution in [3.8, 4) is 5.75 Å². The molecule has 0 bridgehead atoms. The number of carboxylic acids is 1. The molecule has 1 aliphatic rings. The van der Waals surface area contributed by atoms with Gasteiger partial charge in [0.25, 0.3) is 0 Å². The van der Waals surface area contributed by atoms with Crippen LogP contribution in [0.25, 0.3) is 0 Å². The molecule has 3 rings (SSSR count). The number of carboxylic acid groups (broad SMARTS) is 1.